The van der Waals surface area contributed by atoms with Gasteiger partial charge in [0.2, 0.25) is 5.91 Å². The van der Waals surface area contributed by atoms with Crippen molar-refractivity contribution in [1.82, 2.24) is 19.9 Å². The highest BCUT2D eigenvalue weighted by atomic mass is 32.2. The molecule has 5 nitrogen and oxygen atoms in total. The standard InChI is InChI=1S/C18H20N4OS/c1-14(10-11-15-7-3-2-4-8-15)19-17(23)13-24-18-21-20-16-9-5-6-12-22(16)18/h2-9,12,14H,10-11,13H2,1H3,(H,19,23)/t14-/m0/s1. The minimum atomic E-state index is 0.0215. The number of aromatic nitrogens is 3. The zero-order chi connectivity index (χ0) is 16.8. The van der Waals surface area contributed by atoms with E-state index in [-0.39, 0.29) is 11.9 Å². The molecule has 0 unspecified atom stereocenters. The Morgan fingerprint density at radius 2 is 1.96 bits per heavy atom. The van der Waals surface area contributed by atoms with Crippen molar-refractivity contribution in [3.63, 3.8) is 0 Å². The number of benzene rings is 1. The second-order valence-electron chi connectivity index (χ2n) is 5.69. The summed E-state index contributed by atoms with van der Waals surface area (Å²) in [4.78, 5) is 12.1. The first kappa shape index (κ1) is 16.5. The van der Waals surface area contributed by atoms with Gasteiger partial charge >= 0.3 is 0 Å². The molecule has 3 rings (SSSR count). The van der Waals surface area contributed by atoms with Crippen molar-refractivity contribution in [3.05, 3.63) is 60.3 Å². The van der Waals surface area contributed by atoms with Crippen LogP contribution in [0, 0.1) is 0 Å². The number of nitrogens with one attached hydrogen (secondary N) is 1. The third-order valence-electron chi connectivity index (χ3n) is 3.73. The molecule has 1 atom stereocenters. The third kappa shape index (κ3) is 4.35. The van der Waals surface area contributed by atoms with E-state index in [9.17, 15) is 4.79 Å². The zero-order valence-electron chi connectivity index (χ0n) is 13.6. The van der Waals surface area contributed by atoms with Crippen LogP contribution >= 0.6 is 11.8 Å². The minimum Gasteiger partial charge on any atom is -0.353 e. The van der Waals surface area contributed by atoms with E-state index in [0.29, 0.717) is 5.75 Å². The van der Waals surface area contributed by atoms with E-state index < -0.39 is 0 Å². The van der Waals surface area contributed by atoms with Gasteiger partial charge in [-0.1, -0.05) is 48.2 Å². The number of carbonyl (C=O) groups excluding carboxylic acids is 1. The predicted molar refractivity (Wildman–Crippen MR) is 96.1 cm³/mol. The summed E-state index contributed by atoms with van der Waals surface area (Å²) in [6.45, 7) is 2.04. The van der Waals surface area contributed by atoms with Crippen LogP contribution in [0.25, 0.3) is 5.65 Å². The van der Waals surface area contributed by atoms with Crippen LogP contribution in [0.15, 0.2) is 59.9 Å². The van der Waals surface area contributed by atoms with Crippen LogP contribution in [0.3, 0.4) is 0 Å². The van der Waals surface area contributed by atoms with Crippen LogP contribution < -0.4 is 5.32 Å². The van der Waals surface area contributed by atoms with E-state index in [2.05, 4.69) is 27.6 Å². The number of carbonyl (C=O) groups is 1. The summed E-state index contributed by atoms with van der Waals surface area (Å²) in [5.74, 6) is 0.360. The van der Waals surface area contributed by atoms with Gasteiger partial charge in [0.15, 0.2) is 10.8 Å². The molecule has 0 fully saturated rings. The first-order valence-electron chi connectivity index (χ1n) is 7.98. The Bertz CT molecular complexity index is 803. The van der Waals surface area contributed by atoms with Gasteiger partial charge in [0, 0.05) is 12.2 Å². The minimum absolute atomic E-state index is 0.0215. The molecule has 1 N–H and O–H groups in total. The highest BCUT2D eigenvalue weighted by molar-refractivity contribution is 7.99. The van der Waals surface area contributed by atoms with Gasteiger partial charge in [-0.2, -0.15) is 0 Å². The molecule has 24 heavy (non-hydrogen) atoms. The molecule has 0 aliphatic heterocycles. The van der Waals surface area contributed by atoms with Crippen molar-refractivity contribution >= 4 is 23.3 Å². The summed E-state index contributed by atoms with van der Waals surface area (Å²) in [5, 5.41) is 12.0. The van der Waals surface area contributed by atoms with E-state index in [4.69, 9.17) is 0 Å². The summed E-state index contributed by atoms with van der Waals surface area (Å²) < 4.78 is 1.89. The molecular formula is C18H20N4OS. The molecule has 0 saturated heterocycles. The van der Waals surface area contributed by atoms with E-state index >= 15 is 0 Å². The van der Waals surface area contributed by atoms with E-state index in [0.717, 1.165) is 23.6 Å². The van der Waals surface area contributed by atoms with Crippen LogP contribution in [0.4, 0.5) is 0 Å². The van der Waals surface area contributed by atoms with Crippen LogP contribution in [0.2, 0.25) is 0 Å². The molecular weight excluding hydrogens is 320 g/mol. The number of hydrogen-bond acceptors (Lipinski definition) is 4. The fourth-order valence-corrected chi connectivity index (χ4v) is 3.20. The highest BCUT2D eigenvalue weighted by Gasteiger charge is 2.11. The number of thioether (sulfide) groups is 1. The maximum absolute atomic E-state index is 12.1. The Labute approximate surface area is 145 Å². The van der Waals surface area contributed by atoms with Gasteiger partial charge in [-0.15, -0.1) is 10.2 Å². The number of hydrogen-bond donors (Lipinski definition) is 1. The number of amides is 1. The Morgan fingerprint density at radius 3 is 2.79 bits per heavy atom. The summed E-state index contributed by atoms with van der Waals surface area (Å²) in [6, 6.07) is 16.2. The second-order valence-corrected chi connectivity index (χ2v) is 6.64. The number of pyridine rings is 1. The van der Waals surface area contributed by atoms with Crippen LogP contribution in [0.1, 0.15) is 18.9 Å². The van der Waals surface area contributed by atoms with Gasteiger partial charge in [-0.3, -0.25) is 9.20 Å². The number of aryl methyl sites for hydroxylation is 1. The maximum atomic E-state index is 12.1. The fraction of sp³-hybridized carbons (Fsp3) is 0.278. The number of fused-ring (bicyclic) bond motifs is 1. The van der Waals surface area contributed by atoms with E-state index in [1.165, 1.54) is 17.3 Å². The average Bonchev–Trinajstić information content (AvgIpc) is 3.02. The topological polar surface area (TPSA) is 59.3 Å². The molecule has 0 saturated carbocycles. The Hall–Kier alpha value is -2.34. The molecule has 0 spiro atoms. The Morgan fingerprint density at radius 1 is 1.17 bits per heavy atom. The van der Waals surface area contributed by atoms with Crippen molar-refractivity contribution in [2.75, 3.05) is 5.75 Å². The monoisotopic (exact) mass is 340 g/mol. The van der Waals surface area contributed by atoms with Gasteiger partial charge < -0.3 is 5.32 Å². The lowest BCUT2D eigenvalue weighted by atomic mass is 10.1. The van der Waals surface area contributed by atoms with E-state index in [1.54, 1.807) is 0 Å². The normalized spacial score (nSPS) is 12.2. The van der Waals surface area contributed by atoms with Gasteiger partial charge in [0.05, 0.1) is 5.75 Å². The largest absolute Gasteiger partial charge is 0.353 e. The molecule has 0 aliphatic rings. The lowest BCUT2D eigenvalue weighted by molar-refractivity contribution is -0.119. The first-order valence-corrected chi connectivity index (χ1v) is 8.97. The van der Waals surface area contributed by atoms with Crippen molar-refractivity contribution < 1.29 is 4.79 Å². The van der Waals surface area contributed by atoms with Crippen LogP contribution in [0.5, 0.6) is 0 Å². The van der Waals surface area contributed by atoms with Gasteiger partial charge in [0.25, 0.3) is 0 Å². The van der Waals surface area contributed by atoms with E-state index in [1.807, 2.05) is 53.9 Å². The lowest BCUT2D eigenvalue weighted by Gasteiger charge is -2.13. The van der Waals surface area contributed by atoms with Gasteiger partial charge in [0.1, 0.15) is 0 Å². The first-order chi connectivity index (χ1) is 11.7. The molecule has 1 amide bonds. The molecule has 6 heteroatoms. The van der Waals surface area contributed by atoms with Crippen molar-refractivity contribution in [2.45, 2.75) is 31.0 Å². The molecule has 1 aromatic carbocycles. The molecule has 0 radical (unpaired) electrons. The summed E-state index contributed by atoms with van der Waals surface area (Å²) in [6.07, 6.45) is 3.79. The third-order valence-corrected chi connectivity index (χ3v) is 4.67. The molecule has 0 bridgehead atoms. The number of nitrogens with zero attached hydrogens (tertiary/aromatic N) is 3. The highest BCUT2D eigenvalue weighted by Crippen LogP contribution is 2.16. The number of rotatable bonds is 7. The molecule has 2 aromatic heterocycles. The fourth-order valence-electron chi connectivity index (χ4n) is 2.46. The molecule has 124 valence electrons. The van der Waals surface area contributed by atoms with Crippen LogP contribution in [-0.4, -0.2) is 32.3 Å². The van der Waals surface area contributed by atoms with Gasteiger partial charge in [-0.25, -0.2) is 0 Å². The van der Waals surface area contributed by atoms with Crippen molar-refractivity contribution in [1.29, 1.82) is 0 Å². The van der Waals surface area contributed by atoms with Crippen LogP contribution in [-0.2, 0) is 11.2 Å². The summed E-state index contributed by atoms with van der Waals surface area (Å²) in [5.41, 5.74) is 2.08. The maximum Gasteiger partial charge on any atom is 0.230 e. The summed E-state index contributed by atoms with van der Waals surface area (Å²) in [7, 11) is 0. The second kappa shape index (κ2) is 7.97. The molecule has 3 aromatic rings. The lowest BCUT2D eigenvalue weighted by Crippen LogP contribution is -2.34. The van der Waals surface area contributed by atoms with Crippen molar-refractivity contribution in [2.24, 2.45) is 0 Å². The summed E-state index contributed by atoms with van der Waals surface area (Å²) >= 11 is 1.40. The Balaban J connectivity index is 1.45. The molecule has 2 heterocycles. The van der Waals surface area contributed by atoms with Crippen molar-refractivity contribution in [3.8, 4) is 0 Å². The molecule has 0 aliphatic carbocycles. The predicted octanol–water partition coefficient (Wildman–Crippen LogP) is 2.96. The Kier molecular flexibility index (Phi) is 5.48. The quantitative estimate of drug-likeness (QED) is 0.672. The zero-order valence-corrected chi connectivity index (χ0v) is 14.4. The SMILES string of the molecule is C[C@@H](CCc1ccccc1)NC(=O)CSc1nnc2ccccn12. The van der Waals surface area contributed by atoms with Gasteiger partial charge in [-0.05, 0) is 37.5 Å². The smallest absolute Gasteiger partial charge is 0.230 e. The average molecular weight is 340 g/mol.